The third-order valence-corrected chi connectivity index (χ3v) is 7.19. The minimum Gasteiger partial charge on any atom is -0.348 e. The van der Waals surface area contributed by atoms with Crippen molar-refractivity contribution in [1.29, 1.82) is 0 Å². The molecule has 2 heterocycles. The number of pyridine rings is 1. The number of halogens is 1. The summed E-state index contributed by atoms with van der Waals surface area (Å²) in [4.78, 5) is 21.8. The number of amides is 1. The van der Waals surface area contributed by atoms with Gasteiger partial charge < -0.3 is 9.88 Å². The largest absolute Gasteiger partial charge is 0.348 e. The Morgan fingerprint density at radius 1 is 0.972 bits per heavy atom. The van der Waals surface area contributed by atoms with Gasteiger partial charge in [-0.15, -0.1) is 0 Å². The van der Waals surface area contributed by atoms with Gasteiger partial charge in [0.15, 0.2) is 5.16 Å². The Hall–Kier alpha value is -3.61. The maximum atomic E-state index is 12.6. The molecule has 5 nitrogen and oxygen atoms in total. The van der Waals surface area contributed by atoms with Crippen LogP contribution >= 0.6 is 23.4 Å². The molecule has 180 valence electrons. The normalized spacial score (nSPS) is 11.1. The number of carbonyl (C=O) groups is 1. The summed E-state index contributed by atoms with van der Waals surface area (Å²) in [5, 5.41) is 4.64. The average molecular weight is 513 g/mol. The molecular weight excluding hydrogens is 488 g/mol. The zero-order chi connectivity index (χ0) is 24.9. The molecule has 0 atom stereocenters. The van der Waals surface area contributed by atoms with Gasteiger partial charge in [0.2, 0.25) is 0 Å². The lowest BCUT2D eigenvalue weighted by atomic mass is 10.1. The lowest BCUT2D eigenvalue weighted by Crippen LogP contribution is -2.22. The van der Waals surface area contributed by atoms with Gasteiger partial charge >= 0.3 is 0 Å². The first-order valence-corrected chi connectivity index (χ1v) is 13.0. The predicted molar refractivity (Wildman–Crippen MR) is 146 cm³/mol. The second kappa shape index (κ2) is 11.0. The number of nitrogens with one attached hydrogen (secondary N) is 1. The molecule has 1 N–H and O–H groups in total. The Bertz CT molecular complexity index is 1500. The molecule has 0 spiro atoms. The van der Waals surface area contributed by atoms with Crippen LogP contribution < -0.4 is 5.32 Å². The van der Waals surface area contributed by atoms with Crippen LogP contribution in [0.5, 0.6) is 0 Å². The van der Waals surface area contributed by atoms with Crippen LogP contribution in [0, 0.1) is 6.92 Å². The van der Waals surface area contributed by atoms with E-state index in [0.29, 0.717) is 18.7 Å². The van der Waals surface area contributed by atoms with Crippen molar-refractivity contribution in [2.45, 2.75) is 30.9 Å². The molecule has 0 saturated heterocycles. The number of carbonyl (C=O) groups excluding carboxylic acids is 1. The highest BCUT2D eigenvalue weighted by atomic mass is 35.5. The Kier molecular flexibility index (Phi) is 7.35. The van der Waals surface area contributed by atoms with E-state index in [0.717, 1.165) is 43.7 Å². The number of benzene rings is 3. The summed E-state index contributed by atoms with van der Waals surface area (Å²) in [5.74, 6) is 0.675. The van der Waals surface area contributed by atoms with E-state index in [1.54, 1.807) is 18.0 Å². The minimum atomic E-state index is -0.0860. The Labute approximate surface area is 219 Å². The summed E-state index contributed by atoms with van der Waals surface area (Å²) in [5.41, 5.74) is 7.03. The van der Waals surface area contributed by atoms with Crippen molar-refractivity contribution < 1.29 is 4.79 Å². The van der Waals surface area contributed by atoms with E-state index in [1.807, 2.05) is 85.9 Å². The van der Waals surface area contributed by atoms with Gasteiger partial charge in [-0.1, -0.05) is 77.5 Å². The molecule has 0 saturated carbocycles. The summed E-state index contributed by atoms with van der Waals surface area (Å²) >= 11 is 7.82. The summed E-state index contributed by atoms with van der Waals surface area (Å²) in [6.45, 7) is 3.18. The molecule has 5 rings (SSSR count). The van der Waals surface area contributed by atoms with E-state index < -0.39 is 0 Å². The number of hydrogen-bond donors (Lipinski definition) is 1. The molecule has 0 aliphatic heterocycles. The SMILES string of the molecule is Cc1ccc(CNC(=O)c2ccc(Cn3c(SCc4cccc(Cl)c4)nc4ccncc43)cc2)cc1. The quantitative estimate of drug-likeness (QED) is 0.236. The van der Waals surface area contributed by atoms with Crippen molar-refractivity contribution in [2.24, 2.45) is 0 Å². The van der Waals surface area contributed by atoms with E-state index in [4.69, 9.17) is 16.6 Å². The number of aromatic nitrogens is 3. The van der Waals surface area contributed by atoms with Crippen LogP contribution in [0.3, 0.4) is 0 Å². The van der Waals surface area contributed by atoms with Crippen molar-refractivity contribution in [1.82, 2.24) is 19.9 Å². The van der Waals surface area contributed by atoms with Gasteiger partial charge in [0.05, 0.1) is 23.8 Å². The number of hydrogen-bond acceptors (Lipinski definition) is 4. The van der Waals surface area contributed by atoms with Crippen molar-refractivity contribution in [2.75, 3.05) is 0 Å². The molecule has 7 heteroatoms. The van der Waals surface area contributed by atoms with Gasteiger partial charge in [0.1, 0.15) is 0 Å². The van der Waals surface area contributed by atoms with Gasteiger partial charge in [-0.05, 0) is 53.9 Å². The average Bonchev–Trinajstić information content (AvgIpc) is 3.24. The molecule has 0 fully saturated rings. The fourth-order valence-corrected chi connectivity index (χ4v) is 5.09. The van der Waals surface area contributed by atoms with E-state index in [2.05, 4.69) is 20.9 Å². The van der Waals surface area contributed by atoms with Crippen LogP contribution in [-0.2, 0) is 18.8 Å². The molecule has 0 bridgehead atoms. The molecule has 1 amide bonds. The number of fused-ring (bicyclic) bond motifs is 1. The zero-order valence-electron chi connectivity index (χ0n) is 19.8. The van der Waals surface area contributed by atoms with Crippen molar-refractivity contribution >= 4 is 40.3 Å². The highest BCUT2D eigenvalue weighted by molar-refractivity contribution is 7.98. The van der Waals surface area contributed by atoms with Gasteiger partial charge in [-0.2, -0.15) is 0 Å². The van der Waals surface area contributed by atoms with E-state index in [9.17, 15) is 4.79 Å². The number of nitrogens with zero attached hydrogens (tertiary/aromatic N) is 3. The number of rotatable bonds is 8. The molecule has 5 aromatic rings. The van der Waals surface area contributed by atoms with E-state index >= 15 is 0 Å². The summed E-state index contributed by atoms with van der Waals surface area (Å²) < 4.78 is 2.17. The third-order valence-electron chi connectivity index (χ3n) is 5.90. The second-order valence-electron chi connectivity index (χ2n) is 8.63. The van der Waals surface area contributed by atoms with E-state index in [1.165, 1.54) is 5.56 Å². The first-order valence-electron chi connectivity index (χ1n) is 11.7. The van der Waals surface area contributed by atoms with Crippen LogP contribution in [0.4, 0.5) is 0 Å². The highest BCUT2D eigenvalue weighted by Crippen LogP contribution is 2.28. The van der Waals surface area contributed by atoms with Crippen molar-refractivity contribution in [3.8, 4) is 0 Å². The Morgan fingerprint density at radius 2 is 1.75 bits per heavy atom. The summed E-state index contributed by atoms with van der Waals surface area (Å²) in [6, 6.07) is 25.7. The van der Waals surface area contributed by atoms with Gasteiger partial charge in [0.25, 0.3) is 5.91 Å². The second-order valence-corrected chi connectivity index (χ2v) is 10.0. The molecular formula is C29H25ClN4OS. The lowest BCUT2D eigenvalue weighted by molar-refractivity contribution is 0.0951. The summed E-state index contributed by atoms with van der Waals surface area (Å²) in [6.07, 6.45) is 3.60. The molecule has 0 aliphatic carbocycles. The van der Waals surface area contributed by atoms with Crippen LogP contribution in [0.2, 0.25) is 5.02 Å². The zero-order valence-corrected chi connectivity index (χ0v) is 21.4. The molecule has 0 unspecified atom stereocenters. The van der Waals surface area contributed by atoms with Gasteiger partial charge in [-0.25, -0.2) is 4.98 Å². The summed E-state index contributed by atoms with van der Waals surface area (Å²) in [7, 11) is 0. The molecule has 36 heavy (non-hydrogen) atoms. The topological polar surface area (TPSA) is 59.8 Å². The Morgan fingerprint density at radius 3 is 2.53 bits per heavy atom. The lowest BCUT2D eigenvalue weighted by Gasteiger charge is -2.10. The van der Waals surface area contributed by atoms with Crippen LogP contribution in [0.25, 0.3) is 11.0 Å². The highest BCUT2D eigenvalue weighted by Gasteiger charge is 2.13. The standard InChI is InChI=1S/C29H25ClN4OS/c1-20-5-7-21(8-6-20)16-32-28(35)24-11-9-22(10-12-24)18-34-27-17-31-14-13-26(27)33-29(34)36-19-23-3-2-4-25(30)15-23/h2-15,17H,16,18-19H2,1H3,(H,32,35). The smallest absolute Gasteiger partial charge is 0.251 e. The minimum absolute atomic E-state index is 0.0860. The van der Waals surface area contributed by atoms with Crippen molar-refractivity contribution in [3.05, 3.63) is 124 Å². The van der Waals surface area contributed by atoms with Crippen LogP contribution in [0.15, 0.2) is 96.4 Å². The maximum absolute atomic E-state index is 12.6. The van der Waals surface area contributed by atoms with Crippen molar-refractivity contribution in [3.63, 3.8) is 0 Å². The van der Waals surface area contributed by atoms with Crippen LogP contribution in [0.1, 0.15) is 32.6 Å². The molecule has 3 aromatic carbocycles. The Balaban J connectivity index is 1.30. The first-order chi connectivity index (χ1) is 17.5. The monoisotopic (exact) mass is 512 g/mol. The molecule has 2 aromatic heterocycles. The maximum Gasteiger partial charge on any atom is 0.251 e. The van der Waals surface area contributed by atoms with Gasteiger partial charge in [0, 0.05) is 29.1 Å². The number of imidazole rings is 1. The van der Waals surface area contributed by atoms with Gasteiger partial charge in [-0.3, -0.25) is 9.78 Å². The van der Waals surface area contributed by atoms with E-state index in [-0.39, 0.29) is 5.91 Å². The fraction of sp³-hybridized carbons (Fsp3) is 0.138. The third kappa shape index (κ3) is 5.78. The number of thioether (sulfide) groups is 1. The first kappa shape index (κ1) is 24.1. The fourth-order valence-electron chi connectivity index (χ4n) is 3.92. The predicted octanol–water partition coefficient (Wildman–Crippen LogP) is 6.66. The molecule has 0 aliphatic rings. The number of aryl methyl sites for hydroxylation is 1. The van der Waals surface area contributed by atoms with Crippen LogP contribution in [-0.4, -0.2) is 20.4 Å². The molecule has 0 radical (unpaired) electrons.